The van der Waals surface area contributed by atoms with Crippen molar-refractivity contribution in [2.75, 3.05) is 5.32 Å². The third kappa shape index (κ3) is 4.55. The van der Waals surface area contributed by atoms with E-state index in [4.69, 9.17) is 17.3 Å². The van der Waals surface area contributed by atoms with E-state index in [1.807, 2.05) is 65.6 Å². The maximum absolute atomic E-state index is 6.20. The van der Waals surface area contributed by atoms with Gasteiger partial charge >= 0.3 is 0 Å². The number of hydrogen-bond acceptors (Lipinski definition) is 6. The number of aromatic nitrogens is 7. The molecule has 6 aromatic heterocycles. The van der Waals surface area contributed by atoms with Crippen molar-refractivity contribution in [3.05, 3.63) is 95.6 Å². The van der Waals surface area contributed by atoms with E-state index >= 15 is 0 Å². The molecule has 6 aromatic rings. The second kappa shape index (κ2) is 9.73. The molecule has 6 heterocycles. The Labute approximate surface area is 207 Å². The molecular formula is C25H26ClN9. The quantitative estimate of drug-likeness (QED) is 0.345. The fourth-order valence-corrected chi connectivity index (χ4v) is 4.10. The number of halogens is 1. The first-order valence-corrected chi connectivity index (χ1v) is 11.7. The first kappa shape index (κ1) is 22.8. The Morgan fingerprint density at radius 2 is 1.60 bits per heavy atom. The molecular weight excluding hydrogens is 462 g/mol. The highest BCUT2D eigenvalue weighted by molar-refractivity contribution is 6.29. The van der Waals surface area contributed by atoms with Crippen molar-refractivity contribution >= 4 is 34.4 Å². The molecule has 0 saturated heterocycles. The Hall–Kier alpha value is -3.95. The predicted molar refractivity (Wildman–Crippen MR) is 138 cm³/mol. The molecule has 0 amide bonds. The summed E-state index contributed by atoms with van der Waals surface area (Å²) in [5.74, 6) is 1.14. The van der Waals surface area contributed by atoms with Gasteiger partial charge in [0.15, 0.2) is 5.65 Å². The minimum Gasteiger partial charge on any atom is -0.364 e. The number of imidazole rings is 2. The van der Waals surface area contributed by atoms with Crippen molar-refractivity contribution in [1.29, 1.82) is 0 Å². The minimum atomic E-state index is 0.333. The first-order valence-electron chi connectivity index (χ1n) is 11.3. The Bertz CT molecular complexity index is 1600. The number of nitrogens with one attached hydrogen (secondary N) is 1. The van der Waals surface area contributed by atoms with Crippen LogP contribution in [0.25, 0.3) is 16.9 Å². The van der Waals surface area contributed by atoms with Gasteiger partial charge in [-0.15, -0.1) is 0 Å². The van der Waals surface area contributed by atoms with Crippen molar-refractivity contribution in [1.82, 2.24) is 33.4 Å². The van der Waals surface area contributed by atoms with E-state index in [0.717, 1.165) is 39.7 Å². The smallest absolute Gasteiger partial charge is 0.162 e. The number of nitrogens with zero attached hydrogens (tertiary/aromatic N) is 7. The molecule has 0 aliphatic carbocycles. The van der Waals surface area contributed by atoms with Crippen molar-refractivity contribution in [3.8, 4) is 0 Å². The SMILES string of the molecule is CC(C)c1cnn2c(NCc3cnc4ccccn34)cc(Cl)nc12.NCc1cnc2ccccn12. The molecule has 0 radical (unpaired) electrons. The van der Waals surface area contributed by atoms with Gasteiger partial charge in [0.25, 0.3) is 0 Å². The molecule has 0 saturated carbocycles. The van der Waals surface area contributed by atoms with E-state index in [1.54, 1.807) is 16.8 Å². The first-order chi connectivity index (χ1) is 17.0. The van der Waals surface area contributed by atoms with Crippen LogP contribution in [0.1, 0.15) is 36.7 Å². The van der Waals surface area contributed by atoms with E-state index in [9.17, 15) is 0 Å². The number of nitrogens with two attached hydrogens (primary N) is 1. The van der Waals surface area contributed by atoms with Crippen molar-refractivity contribution in [2.45, 2.75) is 32.9 Å². The second-order valence-electron chi connectivity index (χ2n) is 8.37. The van der Waals surface area contributed by atoms with Gasteiger partial charge in [0.05, 0.1) is 36.5 Å². The van der Waals surface area contributed by atoms with Crippen LogP contribution in [-0.2, 0) is 13.1 Å². The van der Waals surface area contributed by atoms with Crippen molar-refractivity contribution in [3.63, 3.8) is 0 Å². The summed E-state index contributed by atoms with van der Waals surface area (Å²) < 4.78 is 5.83. The Balaban J connectivity index is 0.000000192. The lowest BCUT2D eigenvalue weighted by atomic mass is 10.1. The summed E-state index contributed by atoms with van der Waals surface area (Å²) >= 11 is 6.20. The largest absolute Gasteiger partial charge is 0.364 e. The molecule has 9 nitrogen and oxygen atoms in total. The predicted octanol–water partition coefficient (Wildman–Crippen LogP) is 4.56. The number of hydrogen-bond donors (Lipinski definition) is 2. The average molecular weight is 488 g/mol. The Morgan fingerprint density at radius 1 is 0.943 bits per heavy atom. The molecule has 6 rings (SSSR count). The minimum absolute atomic E-state index is 0.333. The van der Waals surface area contributed by atoms with Crippen LogP contribution in [-0.4, -0.2) is 33.4 Å². The van der Waals surface area contributed by atoms with Gasteiger partial charge in [-0.2, -0.15) is 9.61 Å². The van der Waals surface area contributed by atoms with Crippen LogP contribution < -0.4 is 11.1 Å². The number of fused-ring (bicyclic) bond motifs is 3. The van der Waals surface area contributed by atoms with Gasteiger partial charge in [0.2, 0.25) is 0 Å². The van der Waals surface area contributed by atoms with Gasteiger partial charge in [-0.25, -0.2) is 15.0 Å². The molecule has 3 N–H and O–H groups in total. The highest BCUT2D eigenvalue weighted by Crippen LogP contribution is 2.24. The van der Waals surface area contributed by atoms with E-state index in [-0.39, 0.29) is 0 Å². The van der Waals surface area contributed by atoms with Crippen LogP contribution in [0.15, 0.2) is 73.4 Å². The Kier molecular flexibility index (Phi) is 6.35. The van der Waals surface area contributed by atoms with E-state index in [1.165, 1.54) is 0 Å². The summed E-state index contributed by atoms with van der Waals surface area (Å²) in [5.41, 5.74) is 11.3. The summed E-state index contributed by atoms with van der Waals surface area (Å²) in [6.07, 6.45) is 9.48. The van der Waals surface area contributed by atoms with Gasteiger partial charge in [0.1, 0.15) is 22.3 Å². The molecule has 0 atom stereocenters. The zero-order chi connectivity index (χ0) is 24.4. The van der Waals surface area contributed by atoms with Gasteiger partial charge < -0.3 is 19.9 Å². The number of rotatable bonds is 5. The molecule has 10 heteroatoms. The molecule has 0 fully saturated rings. The molecule has 178 valence electrons. The molecule has 0 aromatic carbocycles. The molecule has 0 aliphatic rings. The Morgan fingerprint density at radius 3 is 2.26 bits per heavy atom. The molecule has 0 bridgehead atoms. The van der Waals surface area contributed by atoms with Crippen LogP contribution in [0, 0.1) is 0 Å². The van der Waals surface area contributed by atoms with Crippen molar-refractivity contribution < 1.29 is 0 Å². The molecule has 0 spiro atoms. The zero-order valence-corrected chi connectivity index (χ0v) is 20.3. The van der Waals surface area contributed by atoms with E-state index in [0.29, 0.717) is 24.2 Å². The lowest BCUT2D eigenvalue weighted by Gasteiger charge is -2.09. The third-order valence-corrected chi connectivity index (χ3v) is 5.93. The van der Waals surface area contributed by atoms with Crippen LogP contribution in [0.5, 0.6) is 0 Å². The molecule has 35 heavy (non-hydrogen) atoms. The lowest BCUT2D eigenvalue weighted by molar-refractivity contribution is 0.871. The van der Waals surface area contributed by atoms with E-state index < -0.39 is 0 Å². The van der Waals surface area contributed by atoms with Gasteiger partial charge in [-0.1, -0.05) is 37.6 Å². The second-order valence-corrected chi connectivity index (χ2v) is 8.76. The highest BCUT2D eigenvalue weighted by atomic mass is 35.5. The topological polar surface area (TPSA) is 103 Å². The highest BCUT2D eigenvalue weighted by Gasteiger charge is 2.13. The van der Waals surface area contributed by atoms with Crippen LogP contribution in [0.3, 0.4) is 0 Å². The summed E-state index contributed by atoms with van der Waals surface area (Å²) in [6, 6.07) is 13.6. The normalized spacial score (nSPS) is 11.3. The zero-order valence-electron chi connectivity index (χ0n) is 19.5. The average Bonchev–Trinajstić information content (AvgIpc) is 3.59. The maximum Gasteiger partial charge on any atom is 0.162 e. The van der Waals surface area contributed by atoms with E-state index in [2.05, 4.69) is 43.6 Å². The summed E-state index contributed by atoms with van der Waals surface area (Å²) in [7, 11) is 0. The lowest BCUT2D eigenvalue weighted by Crippen LogP contribution is -2.08. The van der Waals surface area contributed by atoms with Crippen LogP contribution in [0.2, 0.25) is 5.15 Å². The number of anilines is 1. The van der Waals surface area contributed by atoms with Crippen molar-refractivity contribution in [2.24, 2.45) is 5.73 Å². The fraction of sp³-hybridized carbons (Fsp3) is 0.200. The van der Waals surface area contributed by atoms with Gasteiger partial charge in [0, 0.05) is 30.6 Å². The van der Waals surface area contributed by atoms with Crippen LogP contribution in [0.4, 0.5) is 5.82 Å². The number of pyridine rings is 2. The summed E-state index contributed by atoms with van der Waals surface area (Å²) in [5, 5.41) is 8.29. The fourth-order valence-electron chi connectivity index (χ4n) is 3.92. The summed E-state index contributed by atoms with van der Waals surface area (Å²) in [4.78, 5) is 13.0. The monoisotopic (exact) mass is 487 g/mol. The van der Waals surface area contributed by atoms with Crippen LogP contribution >= 0.6 is 11.6 Å². The van der Waals surface area contributed by atoms with Gasteiger partial charge in [-0.05, 0) is 30.2 Å². The third-order valence-electron chi connectivity index (χ3n) is 5.74. The maximum atomic E-state index is 6.20. The summed E-state index contributed by atoms with van der Waals surface area (Å²) in [6.45, 7) is 5.37. The van der Waals surface area contributed by atoms with Gasteiger partial charge in [-0.3, -0.25) is 0 Å². The molecule has 0 aliphatic heterocycles. The standard InChI is InChI=1S/C17H17ClN6.C8H9N3/c1-11(2)13-10-21-24-16(7-14(18)22-17(13)24)20-9-12-8-19-15-5-3-4-6-23(12)15;9-5-7-6-10-8-3-1-2-4-11(7)8/h3-8,10-11,20H,9H2,1-2H3;1-4,6H,5,9H2. The molecule has 0 unspecified atom stereocenters.